The summed E-state index contributed by atoms with van der Waals surface area (Å²) < 4.78 is 16.1. The summed E-state index contributed by atoms with van der Waals surface area (Å²) in [6.45, 7) is 4.05. The molecule has 0 aliphatic heterocycles. The van der Waals surface area contributed by atoms with Gasteiger partial charge in [0.05, 0.1) is 26.2 Å². The van der Waals surface area contributed by atoms with Gasteiger partial charge in [-0.3, -0.25) is 10.1 Å². The fourth-order valence-electron chi connectivity index (χ4n) is 2.62. The molecule has 0 saturated carbocycles. The highest BCUT2D eigenvalue weighted by molar-refractivity contribution is 5.90. The van der Waals surface area contributed by atoms with Gasteiger partial charge in [-0.2, -0.15) is 0 Å². The average Bonchev–Trinajstić information content (AvgIpc) is 3.12. The molecule has 140 valence electrons. The van der Waals surface area contributed by atoms with Gasteiger partial charge in [0.25, 0.3) is 5.89 Å². The number of methoxy groups -OCH3 is 2. The Kier molecular flexibility index (Phi) is 5.40. The zero-order valence-corrected chi connectivity index (χ0v) is 15.7. The third-order valence-corrected chi connectivity index (χ3v) is 4.25. The molecule has 1 N–H and O–H groups in total. The molecule has 1 aromatic heterocycles. The molecule has 1 amide bonds. The summed E-state index contributed by atoms with van der Waals surface area (Å²) in [4.78, 5) is 12.3. The Labute approximate surface area is 157 Å². The molecule has 7 nitrogen and oxygen atoms in total. The molecule has 7 heteroatoms. The summed E-state index contributed by atoms with van der Waals surface area (Å²) in [5.74, 6) is 1.20. The van der Waals surface area contributed by atoms with Crippen LogP contribution in [-0.2, 0) is 11.2 Å². The van der Waals surface area contributed by atoms with Gasteiger partial charge in [0, 0.05) is 6.07 Å². The summed E-state index contributed by atoms with van der Waals surface area (Å²) in [6, 6.07) is 11.2. The Morgan fingerprint density at radius 1 is 1.04 bits per heavy atom. The molecule has 0 saturated heterocycles. The first-order valence-electron chi connectivity index (χ1n) is 8.42. The van der Waals surface area contributed by atoms with E-state index in [0.717, 1.165) is 11.1 Å². The maximum atomic E-state index is 12.3. The molecule has 3 aromatic rings. The summed E-state index contributed by atoms with van der Waals surface area (Å²) in [6.07, 6.45) is 0.227. The van der Waals surface area contributed by atoms with Crippen molar-refractivity contribution in [2.75, 3.05) is 19.5 Å². The van der Waals surface area contributed by atoms with Crippen molar-refractivity contribution >= 4 is 11.9 Å². The fourth-order valence-corrected chi connectivity index (χ4v) is 2.62. The van der Waals surface area contributed by atoms with Crippen LogP contribution in [0.3, 0.4) is 0 Å². The van der Waals surface area contributed by atoms with Crippen molar-refractivity contribution in [3.63, 3.8) is 0 Å². The number of aromatic nitrogens is 2. The molecule has 0 unspecified atom stereocenters. The lowest BCUT2D eigenvalue weighted by Crippen LogP contribution is -2.14. The van der Waals surface area contributed by atoms with Crippen molar-refractivity contribution in [3.05, 3.63) is 53.1 Å². The van der Waals surface area contributed by atoms with Crippen LogP contribution < -0.4 is 14.8 Å². The van der Waals surface area contributed by atoms with E-state index in [1.54, 1.807) is 32.4 Å². The first-order chi connectivity index (χ1) is 13.0. The molecule has 0 aliphatic carbocycles. The third-order valence-electron chi connectivity index (χ3n) is 4.25. The van der Waals surface area contributed by atoms with E-state index < -0.39 is 0 Å². The minimum absolute atomic E-state index is 0.0386. The molecule has 0 aliphatic rings. The number of amides is 1. The van der Waals surface area contributed by atoms with Gasteiger partial charge in [-0.1, -0.05) is 23.3 Å². The van der Waals surface area contributed by atoms with Crippen LogP contribution in [0, 0.1) is 13.8 Å². The van der Waals surface area contributed by atoms with E-state index in [0.29, 0.717) is 17.1 Å². The van der Waals surface area contributed by atoms with E-state index in [9.17, 15) is 4.79 Å². The monoisotopic (exact) mass is 367 g/mol. The van der Waals surface area contributed by atoms with Crippen LogP contribution in [0.4, 0.5) is 6.01 Å². The first kappa shape index (κ1) is 18.4. The van der Waals surface area contributed by atoms with Gasteiger partial charge >= 0.3 is 6.01 Å². The van der Waals surface area contributed by atoms with E-state index in [1.807, 2.05) is 32.0 Å². The number of anilines is 1. The lowest BCUT2D eigenvalue weighted by molar-refractivity contribution is -0.115. The number of rotatable bonds is 6. The molecule has 0 radical (unpaired) electrons. The highest BCUT2D eigenvalue weighted by Gasteiger charge is 2.16. The first-order valence-corrected chi connectivity index (χ1v) is 8.42. The summed E-state index contributed by atoms with van der Waals surface area (Å²) in [5, 5.41) is 10.5. The van der Waals surface area contributed by atoms with Gasteiger partial charge in [0.15, 0.2) is 0 Å². The molecule has 0 bridgehead atoms. The maximum Gasteiger partial charge on any atom is 0.322 e. The number of hydrogen-bond donors (Lipinski definition) is 1. The number of carbonyl (C=O) groups is 1. The van der Waals surface area contributed by atoms with Gasteiger partial charge in [-0.05, 0) is 42.7 Å². The molecule has 0 atom stereocenters. The quantitative estimate of drug-likeness (QED) is 0.717. The highest BCUT2D eigenvalue weighted by Crippen LogP contribution is 2.33. The predicted molar refractivity (Wildman–Crippen MR) is 101 cm³/mol. The van der Waals surface area contributed by atoms with Crippen molar-refractivity contribution in [2.24, 2.45) is 0 Å². The van der Waals surface area contributed by atoms with Gasteiger partial charge in [-0.15, -0.1) is 5.10 Å². The van der Waals surface area contributed by atoms with Crippen molar-refractivity contribution in [3.8, 4) is 23.0 Å². The van der Waals surface area contributed by atoms with E-state index in [2.05, 4.69) is 15.5 Å². The third kappa shape index (κ3) is 4.25. The molecule has 0 spiro atoms. The number of aryl methyl sites for hydroxylation is 2. The van der Waals surface area contributed by atoms with E-state index in [4.69, 9.17) is 13.9 Å². The Morgan fingerprint density at radius 3 is 2.56 bits per heavy atom. The SMILES string of the molecule is COc1ccc(-c2nnc(NC(=O)Cc3ccc(C)c(C)c3)o2)c(OC)c1. The number of hydrogen-bond acceptors (Lipinski definition) is 6. The van der Waals surface area contributed by atoms with Crippen LogP contribution in [-0.4, -0.2) is 30.3 Å². The zero-order chi connectivity index (χ0) is 19.4. The minimum atomic E-state index is -0.227. The second-order valence-electron chi connectivity index (χ2n) is 6.12. The Balaban J connectivity index is 1.72. The van der Waals surface area contributed by atoms with Gasteiger partial charge < -0.3 is 13.9 Å². The number of benzene rings is 2. The summed E-state index contributed by atoms with van der Waals surface area (Å²) in [7, 11) is 3.12. The second kappa shape index (κ2) is 7.90. The Morgan fingerprint density at radius 2 is 1.85 bits per heavy atom. The molecular formula is C20H21N3O4. The highest BCUT2D eigenvalue weighted by atomic mass is 16.5. The van der Waals surface area contributed by atoms with Crippen molar-refractivity contribution in [2.45, 2.75) is 20.3 Å². The van der Waals surface area contributed by atoms with Crippen LogP contribution in [0.25, 0.3) is 11.5 Å². The lowest BCUT2D eigenvalue weighted by Gasteiger charge is -2.07. The lowest BCUT2D eigenvalue weighted by atomic mass is 10.0. The van der Waals surface area contributed by atoms with Crippen molar-refractivity contribution in [1.82, 2.24) is 10.2 Å². The normalized spacial score (nSPS) is 10.5. The molecule has 27 heavy (non-hydrogen) atoms. The smallest absolute Gasteiger partial charge is 0.322 e. The van der Waals surface area contributed by atoms with Crippen LogP contribution in [0.1, 0.15) is 16.7 Å². The Bertz CT molecular complexity index is 966. The molecule has 0 fully saturated rings. The van der Waals surface area contributed by atoms with Gasteiger partial charge in [-0.25, -0.2) is 0 Å². The van der Waals surface area contributed by atoms with E-state index >= 15 is 0 Å². The number of carbonyl (C=O) groups excluding carboxylic acids is 1. The summed E-state index contributed by atoms with van der Waals surface area (Å²) in [5.41, 5.74) is 3.87. The molecule has 1 heterocycles. The summed E-state index contributed by atoms with van der Waals surface area (Å²) >= 11 is 0. The van der Waals surface area contributed by atoms with Crippen LogP contribution in [0.2, 0.25) is 0 Å². The molecule has 3 rings (SSSR count). The standard InChI is InChI=1S/C20H21N3O4/c1-12-5-6-14(9-13(12)2)10-18(24)21-20-23-22-19(27-20)16-8-7-15(25-3)11-17(16)26-4/h5-9,11H,10H2,1-4H3,(H,21,23,24). The average molecular weight is 367 g/mol. The van der Waals surface area contributed by atoms with Crippen molar-refractivity contribution in [1.29, 1.82) is 0 Å². The largest absolute Gasteiger partial charge is 0.497 e. The number of nitrogens with one attached hydrogen (secondary N) is 1. The fraction of sp³-hybridized carbons (Fsp3) is 0.250. The van der Waals surface area contributed by atoms with Crippen LogP contribution in [0.15, 0.2) is 40.8 Å². The molecular weight excluding hydrogens is 346 g/mol. The van der Waals surface area contributed by atoms with Gasteiger partial charge in [0.1, 0.15) is 11.5 Å². The topological polar surface area (TPSA) is 86.5 Å². The van der Waals surface area contributed by atoms with Crippen LogP contribution in [0.5, 0.6) is 11.5 Å². The van der Waals surface area contributed by atoms with Crippen LogP contribution >= 0.6 is 0 Å². The zero-order valence-electron chi connectivity index (χ0n) is 15.7. The van der Waals surface area contributed by atoms with E-state index in [1.165, 1.54) is 5.56 Å². The van der Waals surface area contributed by atoms with Gasteiger partial charge in [0.2, 0.25) is 5.91 Å². The second-order valence-corrected chi connectivity index (χ2v) is 6.12. The number of nitrogens with zero attached hydrogens (tertiary/aromatic N) is 2. The molecule has 2 aromatic carbocycles. The Hall–Kier alpha value is -3.35. The van der Waals surface area contributed by atoms with Crippen molar-refractivity contribution < 1.29 is 18.7 Å². The minimum Gasteiger partial charge on any atom is -0.497 e. The maximum absolute atomic E-state index is 12.3. The van der Waals surface area contributed by atoms with E-state index in [-0.39, 0.29) is 24.2 Å². The predicted octanol–water partition coefficient (Wildman–Crippen LogP) is 3.55. The number of ether oxygens (including phenoxy) is 2.